The maximum absolute atomic E-state index is 11.9. The molecule has 20 heavy (non-hydrogen) atoms. The maximum atomic E-state index is 11.9. The second-order valence-corrected chi connectivity index (χ2v) is 4.72. The van der Waals surface area contributed by atoms with Crippen LogP contribution >= 0.6 is 0 Å². The Balaban J connectivity index is 1.88. The molecule has 1 N–H and O–H groups in total. The van der Waals surface area contributed by atoms with Crippen molar-refractivity contribution in [1.29, 1.82) is 0 Å². The van der Waals surface area contributed by atoms with Crippen LogP contribution in [0.2, 0.25) is 0 Å². The summed E-state index contributed by atoms with van der Waals surface area (Å²) in [6, 6.07) is 6.08. The number of nitrogens with one attached hydrogen (secondary N) is 1. The molecule has 0 aromatic heterocycles. The van der Waals surface area contributed by atoms with Gasteiger partial charge in [-0.25, -0.2) is 4.79 Å². The number of non-ortho nitro benzene ring substituents is 1. The van der Waals surface area contributed by atoms with Crippen molar-refractivity contribution in [2.45, 2.75) is 19.6 Å². The van der Waals surface area contributed by atoms with Gasteiger partial charge in [0.25, 0.3) is 5.69 Å². The zero-order valence-corrected chi connectivity index (χ0v) is 11.2. The Morgan fingerprint density at radius 1 is 1.50 bits per heavy atom. The molecule has 1 aliphatic rings. The number of hydrogen-bond acceptors (Lipinski definition) is 5. The van der Waals surface area contributed by atoms with Crippen molar-refractivity contribution in [3.63, 3.8) is 0 Å². The maximum Gasteiger partial charge on any atom is 0.410 e. The number of nitrogens with zero attached hydrogens (tertiary/aromatic N) is 2. The first kappa shape index (κ1) is 14.3. The molecule has 0 unspecified atom stereocenters. The molecule has 1 heterocycles. The zero-order valence-electron chi connectivity index (χ0n) is 11.2. The van der Waals surface area contributed by atoms with E-state index in [0.717, 1.165) is 18.7 Å². The minimum Gasteiger partial charge on any atom is -0.445 e. The van der Waals surface area contributed by atoms with Gasteiger partial charge >= 0.3 is 6.09 Å². The number of piperazine rings is 1. The number of rotatable bonds is 3. The first-order valence-electron chi connectivity index (χ1n) is 6.45. The zero-order chi connectivity index (χ0) is 14.5. The van der Waals surface area contributed by atoms with Crippen molar-refractivity contribution in [3.05, 3.63) is 39.9 Å². The van der Waals surface area contributed by atoms with E-state index in [-0.39, 0.29) is 24.4 Å². The van der Waals surface area contributed by atoms with E-state index in [0.29, 0.717) is 6.54 Å². The van der Waals surface area contributed by atoms with Gasteiger partial charge in [-0.15, -0.1) is 0 Å². The molecule has 0 radical (unpaired) electrons. The summed E-state index contributed by atoms with van der Waals surface area (Å²) in [5.74, 6) is 0. The van der Waals surface area contributed by atoms with E-state index >= 15 is 0 Å². The van der Waals surface area contributed by atoms with Gasteiger partial charge in [-0.05, 0) is 24.6 Å². The predicted octanol–water partition coefficient (Wildman–Crippen LogP) is 1.53. The molecule has 7 heteroatoms. The van der Waals surface area contributed by atoms with Gasteiger partial charge in [-0.3, -0.25) is 10.1 Å². The fraction of sp³-hybridized carbons (Fsp3) is 0.462. The van der Waals surface area contributed by atoms with Crippen LogP contribution in [0.25, 0.3) is 0 Å². The van der Waals surface area contributed by atoms with E-state index in [4.69, 9.17) is 4.74 Å². The van der Waals surface area contributed by atoms with Crippen molar-refractivity contribution in [1.82, 2.24) is 10.2 Å². The van der Waals surface area contributed by atoms with Gasteiger partial charge in [-0.1, -0.05) is 0 Å². The number of carbonyl (C=O) groups is 1. The van der Waals surface area contributed by atoms with E-state index in [1.54, 1.807) is 17.0 Å². The SMILES string of the molecule is C[C@H]1CNCCN1C(=O)OCc1ccc([N+](=O)[O-])cc1. The molecule has 2 rings (SSSR count). The van der Waals surface area contributed by atoms with Crippen LogP contribution < -0.4 is 5.32 Å². The minimum atomic E-state index is -0.460. The summed E-state index contributed by atoms with van der Waals surface area (Å²) in [5, 5.41) is 13.7. The van der Waals surface area contributed by atoms with Gasteiger partial charge < -0.3 is 15.0 Å². The molecule has 1 aliphatic heterocycles. The average molecular weight is 279 g/mol. The summed E-state index contributed by atoms with van der Waals surface area (Å²) in [6.45, 7) is 4.22. The Kier molecular flexibility index (Phi) is 4.52. The molecule has 0 bridgehead atoms. The van der Waals surface area contributed by atoms with Crippen LogP contribution in [-0.4, -0.2) is 41.6 Å². The Labute approximate surface area is 116 Å². The molecule has 7 nitrogen and oxygen atoms in total. The Bertz CT molecular complexity index is 489. The first-order valence-corrected chi connectivity index (χ1v) is 6.45. The van der Waals surface area contributed by atoms with Crippen LogP contribution in [0.3, 0.4) is 0 Å². The lowest BCUT2D eigenvalue weighted by Crippen LogP contribution is -2.52. The highest BCUT2D eigenvalue weighted by Gasteiger charge is 2.24. The Hall–Kier alpha value is -2.15. The largest absolute Gasteiger partial charge is 0.445 e. The highest BCUT2D eigenvalue weighted by molar-refractivity contribution is 5.68. The predicted molar refractivity (Wildman–Crippen MR) is 72.3 cm³/mol. The van der Waals surface area contributed by atoms with E-state index in [2.05, 4.69) is 5.32 Å². The fourth-order valence-electron chi connectivity index (χ4n) is 2.05. The molecule has 1 aromatic carbocycles. The molecule has 1 saturated heterocycles. The molecule has 0 saturated carbocycles. The number of nitro benzene ring substituents is 1. The van der Waals surface area contributed by atoms with Gasteiger partial charge in [0.2, 0.25) is 0 Å². The lowest BCUT2D eigenvalue weighted by Gasteiger charge is -2.32. The Morgan fingerprint density at radius 2 is 2.20 bits per heavy atom. The van der Waals surface area contributed by atoms with Crippen molar-refractivity contribution < 1.29 is 14.5 Å². The smallest absolute Gasteiger partial charge is 0.410 e. The number of hydrogen-bond donors (Lipinski definition) is 1. The van der Waals surface area contributed by atoms with Crippen molar-refractivity contribution in [3.8, 4) is 0 Å². The van der Waals surface area contributed by atoms with E-state index < -0.39 is 4.92 Å². The van der Waals surface area contributed by atoms with E-state index in [9.17, 15) is 14.9 Å². The summed E-state index contributed by atoms with van der Waals surface area (Å²) in [5.41, 5.74) is 0.752. The fourth-order valence-corrected chi connectivity index (χ4v) is 2.05. The van der Waals surface area contributed by atoms with Crippen LogP contribution in [0, 0.1) is 10.1 Å². The van der Waals surface area contributed by atoms with Crippen LogP contribution in [-0.2, 0) is 11.3 Å². The van der Waals surface area contributed by atoms with E-state index in [1.807, 2.05) is 6.92 Å². The summed E-state index contributed by atoms with van der Waals surface area (Å²) >= 11 is 0. The van der Waals surface area contributed by atoms with Crippen LogP contribution in [0.4, 0.5) is 10.5 Å². The molecular weight excluding hydrogens is 262 g/mol. The lowest BCUT2D eigenvalue weighted by molar-refractivity contribution is -0.384. The highest BCUT2D eigenvalue weighted by Crippen LogP contribution is 2.13. The number of nitro groups is 1. The van der Waals surface area contributed by atoms with Gasteiger partial charge in [0.05, 0.1) is 4.92 Å². The average Bonchev–Trinajstić information content (AvgIpc) is 2.45. The van der Waals surface area contributed by atoms with Gasteiger partial charge in [-0.2, -0.15) is 0 Å². The molecule has 1 atom stereocenters. The summed E-state index contributed by atoms with van der Waals surface area (Å²) in [6.07, 6.45) is -0.350. The minimum absolute atomic E-state index is 0.0239. The van der Waals surface area contributed by atoms with E-state index in [1.165, 1.54) is 12.1 Å². The second-order valence-electron chi connectivity index (χ2n) is 4.72. The monoisotopic (exact) mass is 279 g/mol. The standard InChI is InChI=1S/C13H17N3O4/c1-10-8-14-6-7-15(10)13(17)20-9-11-2-4-12(5-3-11)16(18)19/h2-5,10,14H,6-9H2,1H3/t10-/m0/s1. The third-order valence-electron chi connectivity index (χ3n) is 3.25. The molecule has 108 valence electrons. The third-order valence-corrected chi connectivity index (χ3v) is 3.25. The van der Waals surface area contributed by atoms with Crippen LogP contribution in [0.1, 0.15) is 12.5 Å². The summed E-state index contributed by atoms with van der Waals surface area (Å²) in [7, 11) is 0. The van der Waals surface area contributed by atoms with Crippen molar-refractivity contribution in [2.75, 3.05) is 19.6 Å². The third kappa shape index (κ3) is 3.45. The first-order chi connectivity index (χ1) is 9.58. The molecule has 0 aliphatic carbocycles. The lowest BCUT2D eigenvalue weighted by atomic mass is 10.2. The number of amides is 1. The second kappa shape index (κ2) is 6.33. The molecular formula is C13H17N3O4. The van der Waals surface area contributed by atoms with Gasteiger partial charge in [0.15, 0.2) is 0 Å². The molecule has 0 spiro atoms. The highest BCUT2D eigenvalue weighted by atomic mass is 16.6. The summed E-state index contributed by atoms with van der Waals surface area (Å²) < 4.78 is 5.23. The van der Waals surface area contributed by atoms with Crippen molar-refractivity contribution >= 4 is 11.8 Å². The molecule has 1 amide bonds. The molecule has 1 fully saturated rings. The van der Waals surface area contributed by atoms with Crippen LogP contribution in [0.15, 0.2) is 24.3 Å². The van der Waals surface area contributed by atoms with Crippen LogP contribution in [0.5, 0.6) is 0 Å². The number of benzene rings is 1. The quantitative estimate of drug-likeness (QED) is 0.670. The normalized spacial score (nSPS) is 18.6. The van der Waals surface area contributed by atoms with Gasteiger partial charge in [0, 0.05) is 37.8 Å². The summed E-state index contributed by atoms with van der Waals surface area (Å²) in [4.78, 5) is 23.7. The van der Waals surface area contributed by atoms with Gasteiger partial charge in [0.1, 0.15) is 6.61 Å². The topological polar surface area (TPSA) is 84.7 Å². The Morgan fingerprint density at radius 3 is 2.80 bits per heavy atom. The van der Waals surface area contributed by atoms with Crippen molar-refractivity contribution in [2.24, 2.45) is 0 Å². The number of carbonyl (C=O) groups excluding carboxylic acids is 1. The molecule has 1 aromatic rings. The number of ether oxygens (including phenoxy) is 1.